The fraction of sp³-hybridized carbons (Fsp3) is 0.429. The highest BCUT2D eigenvalue weighted by Crippen LogP contribution is 2.49. The zero-order valence-electron chi connectivity index (χ0n) is 14.0. The van der Waals surface area contributed by atoms with Crippen molar-refractivity contribution in [1.82, 2.24) is 4.90 Å². The van der Waals surface area contributed by atoms with Gasteiger partial charge in [-0.3, -0.25) is 4.90 Å². The SMILES string of the molecule is C[C@H]1C2Cc3ccc(O)cc3[C@@]1(C)CCN2Cc1ccccc1. The monoisotopic (exact) mass is 307 g/mol. The van der Waals surface area contributed by atoms with E-state index >= 15 is 0 Å². The molecule has 2 aliphatic rings. The number of phenolic OH excluding ortho intramolecular Hbond substituents is 1. The van der Waals surface area contributed by atoms with Gasteiger partial charge >= 0.3 is 0 Å². The summed E-state index contributed by atoms with van der Waals surface area (Å²) in [5.41, 5.74) is 4.39. The molecule has 0 amide bonds. The van der Waals surface area contributed by atoms with E-state index in [2.05, 4.69) is 55.1 Å². The number of hydrogen-bond donors (Lipinski definition) is 1. The van der Waals surface area contributed by atoms with Gasteiger partial charge < -0.3 is 5.11 Å². The van der Waals surface area contributed by atoms with Crippen molar-refractivity contribution in [3.8, 4) is 5.75 Å². The van der Waals surface area contributed by atoms with Gasteiger partial charge in [-0.15, -0.1) is 0 Å². The van der Waals surface area contributed by atoms with Gasteiger partial charge in [-0.2, -0.15) is 0 Å². The lowest BCUT2D eigenvalue weighted by atomic mass is 9.59. The molecule has 1 aliphatic carbocycles. The number of nitrogens with zero attached hydrogens (tertiary/aromatic N) is 1. The van der Waals surface area contributed by atoms with Crippen molar-refractivity contribution in [2.45, 2.75) is 44.7 Å². The topological polar surface area (TPSA) is 23.5 Å². The van der Waals surface area contributed by atoms with Crippen LogP contribution in [-0.2, 0) is 18.4 Å². The van der Waals surface area contributed by atoms with E-state index in [0.29, 0.717) is 17.7 Å². The molecule has 23 heavy (non-hydrogen) atoms. The van der Waals surface area contributed by atoms with Crippen LogP contribution in [0.4, 0.5) is 0 Å². The Morgan fingerprint density at radius 1 is 1.17 bits per heavy atom. The number of hydrogen-bond acceptors (Lipinski definition) is 2. The number of benzene rings is 2. The minimum absolute atomic E-state index is 0.185. The van der Waals surface area contributed by atoms with E-state index in [1.807, 2.05) is 12.1 Å². The van der Waals surface area contributed by atoms with Crippen LogP contribution in [0.25, 0.3) is 0 Å². The molecule has 1 heterocycles. The maximum Gasteiger partial charge on any atom is 0.115 e. The smallest absolute Gasteiger partial charge is 0.115 e. The lowest BCUT2D eigenvalue weighted by molar-refractivity contribution is 0.0258. The number of piperidine rings is 1. The maximum atomic E-state index is 9.92. The second kappa shape index (κ2) is 5.38. The molecule has 4 rings (SSSR count). The first kappa shape index (κ1) is 14.8. The van der Waals surface area contributed by atoms with Crippen LogP contribution in [0.15, 0.2) is 48.5 Å². The Kier molecular flexibility index (Phi) is 3.46. The first-order valence-corrected chi connectivity index (χ1v) is 8.68. The van der Waals surface area contributed by atoms with Crippen molar-refractivity contribution in [3.05, 3.63) is 65.2 Å². The van der Waals surface area contributed by atoms with Crippen molar-refractivity contribution in [3.63, 3.8) is 0 Å². The average molecular weight is 307 g/mol. The molecule has 2 bridgehead atoms. The van der Waals surface area contributed by atoms with Crippen LogP contribution in [0, 0.1) is 5.92 Å². The summed E-state index contributed by atoms with van der Waals surface area (Å²) in [6, 6.07) is 17.4. The van der Waals surface area contributed by atoms with Gasteiger partial charge in [-0.05, 0) is 59.5 Å². The van der Waals surface area contributed by atoms with Gasteiger partial charge in [0.1, 0.15) is 5.75 Å². The molecular weight excluding hydrogens is 282 g/mol. The van der Waals surface area contributed by atoms with Gasteiger partial charge in [0.05, 0.1) is 0 Å². The molecule has 1 unspecified atom stereocenters. The summed E-state index contributed by atoms with van der Waals surface area (Å²) >= 11 is 0. The Morgan fingerprint density at radius 2 is 1.96 bits per heavy atom. The Morgan fingerprint density at radius 3 is 2.74 bits per heavy atom. The predicted molar refractivity (Wildman–Crippen MR) is 93.6 cm³/mol. The number of phenols is 1. The molecule has 1 aliphatic heterocycles. The largest absolute Gasteiger partial charge is 0.508 e. The second-order valence-corrected chi connectivity index (χ2v) is 7.53. The quantitative estimate of drug-likeness (QED) is 0.902. The number of likely N-dealkylation sites (tertiary alicyclic amines) is 1. The molecule has 2 aromatic carbocycles. The highest BCUT2D eigenvalue weighted by molar-refractivity contribution is 5.44. The first-order valence-electron chi connectivity index (χ1n) is 8.68. The summed E-state index contributed by atoms with van der Waals surface area (Å²) in [6.07, 6.45) is 2.26. The zero-order chi connectivity index (χ0) is 16.0. The van der Waals surface area contributed by atoms with E-state index in [-0.39, 0.29) is 5.41 Å². The third-order valence-electron chi connectivity index (χ3n) is 6.34. The summed E-state index contributed by atoms with van der Waals surface area (Å²) in [4.78, 5) is 2.66. The van der Waals surface area contributed by atoms with Gasteiger partial charge in [0.2, 0.25) is 0 Å². The van der Waals surface area contributed by atoms with Gasteiger partial charge in [0.25, 0.3) is 0 Å². The van der Waals surface area contributed by atoms with Crippen molar-refractivity contribution in [2.75, 3.05) is 6.54 Å². The molecule has 120 valence electrons. The minimum atomic E-state index is 0.185. The molecule has 1 N–H and O–H groups in total. The molecule has 1 fully saturated rings. The lowest BCUT2D eigenvalue weighted by Crippen LogP contribution is -2.57. The molecule has 2 aromatic rings. The van der Waals surface area contributed by atoms with Gasteiger partial charge in [-0.1, -0.05) is 50.2 Å². The average Bonchev–Trinajstić information content (AvgIpc) is 2.55. The van der Waals surface area contributed by atoms with Crippen molar-refractivity contribution in [1.29, 1.82) is 0 Å². The molecule has 3 atom stereocenters. The summed E-state index contributed by atoms with van der Waals surface area (Å²) in [5, 5.41) is 9.92. The van der Waals surface area contributed by atoms with Crippen LogP contribution in [0.5, 0.6) is 5.75 Å². The van der Waals surface area contributed by atoms with Crippen molar-refractivity contribution >= 4 is 0 Å². The van der Waals surface area contributed by atoms with Crippen molar-refractivity contribution < 1.29 is 5.11 Å². The number of rotatable bonds is 2. The Bertz CT molecular complexity index is 711. The summed E-state index contributed by atoms with van der Waals surface area (Å²) in [5.74, 6) is 1.01. The molecule has 0 aromatic heterocycles. The highest BCUT2D eigenvalue weighted by Gasteiger charge is 2.48. The summed E-state index contributed by atoms with van der Waals surface area (Å²) in [7, 11) is 0. The second-order valence-electron chi connectivity index (χ2n) is 7.53. The van der Waals surface area contributed by atoms with E-state index in [1.165, 1.54) is 16.7 Å². The maximum absolute atomic E-state index is 9.92. The van der Waals surface area contributed by atoms with Crippen LogP contribution in [0.2, 0.25) is 0 Å². The van der Waals surface area contributed by atoms with Crippen LogP contribution < -0.4 is 0 Å². The molecular formula is C21H25NO. The molecule has 1 saturated heterocycles. The van der Waals surface area contributed by atoms with E-state index in [0.717, 1.165) is 25.9 Å². The molecule has 0 radical (unpaired) electrons. The first-order chi connectivity index (χ1) is 11.1. The van der Waals surface area contributed by atoms with Crippen LogP contribution in [0.3, 0.4) is 0 Å². The van der Waals surface area contributed by atoms with Crippen molar-refractivity contribution in [2.24, 2.45) is 5.92 Å². The summed E-state index contributed by atoms with van der Waals surface area (Å²) in [6.45, 7) is 6.96. The molecule has 2 nitrogen and oxygen atoms in total. The van der Waals surface area contributed by atoms with E-state index in [9.17, 15) is 5.11 Å². The van der Waals surface area contributed by atoms with E-state index < -0.39 is 0 Å². The van der Waals surface area contributed by atoms with Crippen LogP contribution in [-0.4, -0.2) is 22.6 Å². The Hall–Kier alpha value is -1.80. The Balaban J connectivity index is 1.67. The van der Waals surface area contributed by atoms with Gasteiger partial charge in [0, 0.05) is 12.6 Å². The highest BCUT2D eigenvalue weighted by atomic mass is 16.3. The molecule has 2 heteroatoms. The zero-order valence-corrected chi connectivity index (χ0v) is 14.0. The van der Waals surface area contributed by atoms with Gasteiger partial charge in [-0.25, -0.2) is 0 Å². The molecule has 0 spiro atoms. The normalized spacial score (nSPS) is 30.0. The van der Waals surface area contributed by atoms with Gasteiger partial charge in [0.15, 0.2) is 0 Å². The van der Waals surface area contributed by atoms with Crippen LogP contribution in [0.1, 0.15) is 37.0 Å². The predicted octanol–water partition coefficient (Wildman–Crippen LogP) is 4.12. The fourth-order valence-corrected chi connectivity index (χ4v) is 4.71. The van der Waals surface area contributed by atoms with Crippen LogP contribution >= 0.6 is 0 Å². The minimum Gasteiger partial charge on any atom is -0.508 e. The fourth-order valence-electron chi connectivity index (χ4n) is 4.71. The number of fused-ring (bicyclic) bond motifs is 4. The van der Waals surface area contributed by atoms with E-state index in [4.69, 9.17) is 0 Å². The number of aromatic hydroxyl groups is 1. The third kappa shape index (κ3) is 2.36. The summed E-state index contributed by atoms with van der Waals surface area (Å²) < 4.78 is 0. The third-order valence-corrected chi connectivity index (χ3v) is 6.34. The standard InChI is InChI=1S/C21H25NO/c1-15-20-12-17-8-9-18(23)13-19(17)21(15,2)10-11-22(20)14-16-6-4-3-5-7-16/h3-9,13,15,20,23H,10-12,14H2,1-2H3/t15-,20?,21-/m0/s1. The molecule has 0 saturated carbocycles. The lowest BCUT2D eigenvalue weighted by Gasteiger charge is -2.54. The Labute approximate surface area is 138 Å². The van der Waals surface area contributed by atoms with E-state index in [1.54, 1.807) is 0 Å².